The highest BCUT2D eigenvalue weighted by Crippen LogP contribution is 2.11. The molecule has 1 aromatic rings. The van der Waals surface area contributed by atoms with Crippen molar-refractivity contribution in [3.63, 3.8) is 0 Å². The first-order valence-electron chi connectivity index (χ1n) is 7.48. The number of carbonyl (C=O) groups is 1. The molecule has 1 aliphatic rings. The maximum absolute atomic E-state index is 11.9. The van der Waals surface area contributed by atoms with Gasteiger partial charge in [0.05, 0.1) is 17.9 Å². The predicted molar refractivity (Wildman–Crippen MR) is 76.9 cm³/mol. The van der Waals surface area contributed by atoms with E-state index in [1.54, 1.807) is 12.3 Å². The van der Waals surface area contributed by atoms with Crippen molar-refractivity contribution in [2.45, 2.75) is 38.7 Å². The van der Waals surface area contributed by atoms with E-state index >= 15 is 0 Å². The summed E-state index contributed by atoms with van der Waals surface area (Å²) in [4.78, 5) is 11.9. The molecule has 0 aliphatic carbocycles. The average Bonchev–Trinajstić information content (AvgIpc) is 2.96. The molecule has 2 heterocycles. The molecule has 5 heteroatoms. The Hall–Kier alpha value is -1.33. The lowest BCUT2D eigenvalue weighted by Crippen LogP contribution is -2.33. The van der Waals surface area contributed by atoms with E-state index in [-0.39, 0.29) is 5.91 Å². The molecule has 20 heavy (non-hydrogen) atoms. The van der Waals surface area contributed by atoms with Crippen LogP contribution in [-0.2, 0) is 11.2 Å². The Bertz CT molecular complexity index is 411. The van der Waals surface area contributed by atoms with Gasteiger partial charge in [-0.25, -0.2) is 0 Å². The molecular formula is C15H24N2O3. The highest BCUT2D eigenvalue weighted by molar-refractivity contribution is 5.95. The highest BCUT2D eigenvalue weighted by atomic mass is 16.5. The van der Waals surface area contributed by atoms with Crippen LogP contribution in [0.15, 0.2) is 16.7 Å². The van der Waals surface area contributed by atoms with Gasteiger partial charge in [0, 0.05) is 19.6 Å². The van der Waals surface area contributed by atoms with Gasteiger partial charge in [0.2, 0.25) is 0 Å². The summed E-state index contributed by atoms with van der Waals surface area (Å²) in [5.74, 6) is 0.686. The topological polar surface area (TPSA) is 63.5 Å². The van der Waals surface area contributed by atoms with Crippen LogP contribution in [0, 0.1) is 0 Å². The van der Waals surface area contributed by atoms with Gasteiger partial charge in [-0.2, -0.15) is 0 Å². The normalized spacial score (nSPS) is 16.2. The third-order valence-corrected chi connectivity index (χ3v) is 3.56. The van der Waals surface area contributed by atoms with Crippen LogP contribution in [-0.4, -0.2) is 38.3 Å². The van der Waals surface area contributed by atoms with Crippen LogP contribution in [0.2, 0.25) is 0 Å². The number of furan rings is 1. The number of ether oxygens (including phenoxy) is 1. The fraction of sp³-hybridized carbons (Fsp3) is 0.667. The van der Waals surface area contributed by atoms with E-state index in [9.17, 15) is 4.79 Å². The maximum atomic E-state index is 11.9. The zero-order chi connectivity index (χ0) is 14.2. The Kier molecular flexibility index (Phi) is 6.08. The van der Waals surface area contributed by atoms with Crippen LogP contribution >= 0.6 is 0 Å². The molecule has 1 fully saturated rings. The second kappa shape index (κ2) is 8.07. The Morgan fingerprint density at radius 1 is 1.50 bits per heavy atom. The van der Waals surface area contributed by atoms with E-state index in [0.717, 1.165) is 44.5 Å². The Balaban J connectivity index is 1.59. The third-order valence-electron chi connectivity index (χ3n) is 3.56. The molecule has 0 unspecified atom stereocenters. The number of rotatable bonds is 7. The van der Waals surface area contributed by atoms with Crippen molar-refractivity contribution in [1.82, 2.24) is 10.6 Å². The van der Waals surface area contributed by atoms with Gasteiger partial charge in [0.25, 0.3) is 5.91 Å². The smallest absolute Gasteiger partial charge is 0.254 e. The largest absolute Gasteiger partial charge is 0.469 e. The molecule has 0 spiro atoms. The third kappa shape index (κ3) is 4.35. The molecule has 0 bridgehead atoms. The van der Waals surface area contributed by atoms with Gasteiger partial charge in [-0.1, -0.05) is 6.92 Å². The van der Waals surface area contributed by atoms with Crippen molar-refractivity contribution in [3.8, 4) is 0 Å². The highest BCUT2D eigenvalue weighted by Gasteiger charge is 2.14. The Morgan fingerprint density at radius 3 is 3.05 bits per heavy atom. The van der Waals surface area contributed by atoms with Gasteiger partial charge < -0.3 is 19.8 Å². The number of amides is 1. The first-order valence-corrected chi connectivity index (χ1v) is 7.48. The summed E-state index contributed by atoms with van der Waals surface area (Å²) < 4.78 is 11.0. The molecule has 1 amide bonds. The molecule has 2 rings (SSSR count). The number of hydrogen-bond donors (Lipinski definition) is 2. The van der Waals surface area contributed by atoms with Crippen molar-refractivity contribution in [2.24, 2.45) is 0 Å². The first-order chi connectivity index (χ1) is 9.81. The van der Waals surface area contributed by atoms with Crippen LogP contribution in [0.3, 0.4) is 0 Å². The van der Waals surface area contributed by atoms with E-state index in [0.29, 0.717) is 24.8 Å². The number of piperidine rings is 1. The minimum Gasteiger partial charge on any atom is -0.469 e. The number of aryl methyl sites for hydroxylation is 1. The van der Waals surface area contributed by atoms with Crippen molar-refractivity contribution in [1.29, 1.82) is 0 Å². The van der Waals surface area contributed by atoms with E-state index < -0.39 is 0 Å². The SMILES string of the molecule is CCc1occc1C(=O)NCCCOC1CCNCC1. The molecule has 0 aromatic carbocycles. The second-order valence-corrected chi connectivity index (χ2v) is 5.04. The molecule has 1 aliphatic heterocycles. The summed E-state index contributed by atoms with van der Waals surface area (Å²) in [5.41, 5.74) is 0.645. The number of hydrogen-bond acceptors (Lipinski definition) is 4. The number of nitrogens with one attached hydrogen (secondary N) is 2. The molecule has 0 radical (unpaired) electrons. The summed E-state index contributed by atoms with van der Waals surface area (Å²) in [6, 6.07) is 1.72. The Morgan fingerprint density at radius 2 is 2.30 bits per heavy atom. The summed E-state index contributed by atoms with van der Waals surface area (Å²) in [5, 5.41) is 6.22. The lowest BCUT2D eigenvalue weighted by atomic mass is 10.1. The van der Waals surface area contributed by atoms with E-state index in [4.69, 9.17) is 9.15 Å². The molecule has 0 saturated carbocycles. The molecular weight excluding hydrogens is 256 g/mol. The summed E-state index contributed by atoms with van der Waals surface area (Å²) >= 11 is 0. The first kappa shape index (κ1) is 15.1. The van der Waals surface area contributed by atoms with Crippen molar-refractivity contribution in [3.05, 3.63) is 23.7 Å². The predicted octanol–water partition coefficient (Wildman–Crippen LogP) is 1.73. The van der Waals surface area contributed by atoms with E-state index in [1.165, 1.54) is 0 Å². The lowest BCUT2D eigenvalue weighted by molar-refractivity contribution is 0.0318. The lowest BCUT2D eigenvalue weighted by Gasteiger charge is -2.22. The fourth-order valence-corrected chi connectivity index (χ4v) is 2.40. The number of carbonyl (C=O) groups excluding carboxylic acids is 1. The molecule has 0 atom stereocenters. The summed E-state index contributed by atoms with van der Waals surface area (Å²) in [6.07, 6.45) is 5.69. The van der Waals surface area contributed by atoms with Gasteiger partial charge in [-0.15, -0.1) is 0 Å². The molecule has 1 aromatic heterocycles. The van der Waals surface area contributed by atoms with Crippen LogP contribution in [0.5, 0.6) is 0 Å². The molecule has 112 valence electrons. The average molecular weight is 280 g/mol. The summed E-state index contributed by atoms with van der Waals surface area (Å²) in [7, 11) is 0. The zero-order valence-electron chi connectivity index (χ0n) is 12.1. The zero-order valence-corrected chi connectivity index (χ0v) is 12.1. The van der Waals surface area contributed by atoms with E-state index in [1.807, 2.05) is 6.92 Å². The van der Waals surface area contributed by atoms with Crippen molar-refractivity contribution < 1.29 is 13.9 Å². The van der Waals surface area contributed by atoms with Crippen LogP contribution < -0.4 is 10.6 Å². The van der Waals surface area contributed by atoms with Crippen LogP contribution in [0.4, 0.5) is 0 Å². The quantitative estimate of drug-likeness (QED) is 0.747. The van der Waals surface area contributed by atoms with E-state index in [2.05, 4.69) is 10.6 Å². The fourth-order valence-electron chi connectivity index (χ4n) is 2.40. The monoisotopic (exact) mass is 280 g/mol. The standard InChI is InChI=1S/C15H24N2O3/c1-2-14-13(6-11-20-14)15(18)17-7-3-10-19-12-4-8-16-9-5-12/h6,11-12,16H,2-5,7-10H2,1H3,(H,17,18). The van der Waals surface area contributed by atoms with Crippen LogP contribution in [0.25, 0.3) is 0 Å². The van der Waals surface area contributed by atoms with Gasteiger partial charge in [-0.05, 0) is 38.4 Å². The Labute approximate surface area is 120 Å². The van der Waals surface area contributed by atoms with Gasteiger partial charge in [0.15, 0.2) is 0 Å². The minimum absolute atomic E-state index is 0.0579. The molecule has 1 saturated heterocycles. The minimum atomic E-state index is -0.0579. The second-order valence-electron chi connectivity index (χ2n) is 5.04. The van der Waals surface area contributed by atoms with Gasteiger partial charge in [-0.3, -0.25) is 4.79 Å². The maximum Gasteiger partial charge on any atom is 0.254 e. The molecule has 5 nitrogen and oxygen atoms in total. The molecule has 2 N–H and O–H groups in total. The van der Waals surface area contributed by atoms with Crippen LogP contribution in [0.1, 0.15) is 42.3 Å². The van der Waals surface area contributed by atoms with Crippen molar-refractivity contribution in [2.75, 3.05) is 26.2 Å². The van der Waals surface area contributed by atoms with Gasteiger partial charge >= 0.3 is 0 Å². The summed E-state index contributed by atoms with van der Waals surface area (Å²) in [6.45, 7) is 5.40. The van der Waals surface area contributed by atoms with Crippen molar-refractivity contribution >= 4 is 5.91 Å². The van der Waals surface area contributed by atoms with Gasteiger partial charge in [0.1, 0.15) is 5.76 Å².